The summed E-state index contributed by atoms with van der Waals surface area (Å²) in [6.07, 6.45) is 5.33. The fourth-order valence-electron chi connectivity index (χ4n) is 4.75. The highest BCUT2D eigenvalue weighted by molar-refractivity contribution is 5.79. The van der Waals surface area contributed by atoms with E-state index in [1.807, 2.05) is 23.1 Å². The summed E-state index contributed by atoms with van der Waals surface area (Å²) in [6, 6.07) is 9.08. The number of anilines is 1. The molecule has 2 saturated heterocycles. The molecule has 0 saturated carbocycles. The molecule has 0 unspecified atom stereocenters. The van der Waals surface area contributed by atoms with Crippen LogP contribution in [0, 0.1) is 11.8 Å². The second-order valence-corrected chi connectivity index (χ2v) is 8.69. The van der Waals surface area contributed by atoms with Crippen LogP contribution in [0.15, 0.2) is 47.9 Å². The van der Waals surface area contributed by atoms with Crippen molar-refractivity contribution in [2.75, 3.05) is 31.9 Å². The molecule has 0 bridgehead atoms. The molecule has 0 atom stereocenters. The Hall–Kier alpha value is -2.93. The van der Waals surface area contributed by atoms with Crippen LogP contribution in [-0.4, -0.2) is 51.9 Å². The number of nitrogens with two attached hydrogens (primary N) is 1. The van der Waals surface area contributed by atoms with Crippen molar-refractivity contribution in [3.63, 3.8) is 0 Å². The van der Waals surface area contributed by atoms with Crippen LogP contribution in [0.2, 0.25) is 0 Å². The second-order valence-electron chi connectivity index (χ2n) is 8.69. The summed E-state index contributed by atoms with van der Waals surface area (Å²) in [7, 11) is 0. The number of likely N-dealkylation sites (tertiary alicyclic amines) is 2. The summed E-state index contributed by atoms with van der Waals surface area (Å²) in [5, 5.41) is 0. The number of piperidine rings is 2. The molecule has 0 aliphatic carbocycles. The van der Waals surface area contributed by atoms with E-state index < -0.39 is 0 Å². The van der Waals surface area contributed by atoms with Gasteiger partial charge in [0.1, 0.15) is 5.82 Å². The first-order valence-corrected chi connectivity index (χ1v) is 11.1. The molecule has 0 aromatic carbocycles. The lowest BCUT2D eigenvalue weighted by molar-refractivity contribution is -0.138. The highest BCUT2D eigenvalue weighted by Crippen LogP contribution is 2.31. The van der Waals surface area contributed by atoms with Gasteiger partial charge in [0.15, 0.2) is 0 Å². The predicted molar refractivity (Wildman–Crippen MR) is 122 cm³/mol. The molecular formula is C24H31N5O2. The Morgan fingerprint density at radius 1 is 1.10 bits per heavy atom. The molecule has 2 aromatic heterocycles. The van der Waals surface area contributed by atoms with Gasteiger partial charge >= 0.3 is 0 Å². The number of pyridine rings is 2. The van der Waals surface area contributed by atoms with E-state index in [-0.39, 0.29) is 11.5 Å². The number of allylic oxidation sites excluding steroid dienone is 1. The van der Waals surface area contributed by atoms with Gasteiger partial charge in [0.25, 0.3) is 0 Å². The largest absolute Gasteiger partial charge is 0.384 e. The Bertz CT molecular complexity index is 985. The molecule has 1 amide bonds. The maximum atomic E-state index is 13.1. The van der Waals surface area contributed by atoms with Crippen molar-refractivity contribution in [3.8, 4) is 0 Å². The monoisotopic (exact) mass is 421 g/mol. The standard InChI is InChI=1S/C24H31N5O2/c1-17(21-3-2-4-23(30)27-21)19-8-13-29(14-9-19)24(31)20-6-11-28(12-7-20)16-18-5-10-26-22(25)15-18/h2-5,10,15,19-20H,1,6-9,11-14,16H2,(H2,25,26)(H,27,30). The topological polar surface area (TPSA) is 95.3 Å². The highest BCUT2D eigenvalue weighted by Gasteiger charge is 2.31. The molecule has 164 valence electrons. The molecule has 2 fully saturated rings. The molecule has 0 radical (unpaired) electrons. The minimum Gasteiger partial charge on any atom is -0.384 e. The fourth-order valence-corrected chi connectivity index (χ4v) is 4.75. The SMILES string of the molecule is C=C(c1cccc(=O)[nH]1)C1CCN(C(=O)C2CCN(Cc3ccnc(N)c3)CC2)CC1. The summed E-state index contributed by atoms with van der Waals surface area (Å²) in [4.78, 5) is 36.0. The van der Waals surface area contributed by atoms with Crippen LogP contribution in [0.3, 0.4) is 0 Å². The smallest absolute Gasteiger partial charge is 0.248 e. The van der Waals surface area contributed by atoms with E-state index in [2.05, 4.69) is 21.4 Å². The molecule has 3 N–H and O–H groups in total. The molecular weight excluding hydrogens is 390 g/mol. The number of hydrogen-bond donors (Lipinski definition) is 2. The van der Waals surface area contributed by atoms with Crippen LogP contribution in [0.25, 0.3) is 5.57 Å². The van der Waals surface area contributed by atoms with E-state index in [4.69, 9.17) is 5.73 Å². The van der Waals surface area contributed by atoms with Crippen LogP contribution >= 0.6 is 0 Å². The van der Waals surface area contributed by atoms with Crippen LogP contribution in [0.4, 0.5) is 5.82 Å². The quantitative estimate of drug-likeness (QED) is 0.774. The summed E-state index contributed by atoms with van der Waals surface area (Å²) < 4.78 is 0. The van der Waals surface area contributed by atoms with Gasteiger partial charge in [-0.15, -0.1) is 0 Å². The van der Waals surface area contributed by atoms with Crippen molar-refractivity contribution in [1.82, 2.24) is 19.8 Å². The van der Waals surface area contributed by atoms with E-state index in [1.165, 1.54) is 11.6 Å². The minimum atomic E-state index is -0.106. The summed E-state index contributed by atoms with van der Waals surface area (Å²) >= 11 is 0. The molecule has 2 aliphatic rings. The molecule has 7 heteroatoms. The number of hydrogen-bond acceptors (Lipinski definition) is 5. The Morgan fingerprint density at radius 3 is 2.48 bits per heavy atom. The van der Waals surface area contributed by atoms with Crippen molar-refractivity contribution < 1.29 is 4.79 Å². The van der Waals surface area contributed by atoms with E-state index in [1.54, 1.807) is 12.3 Å². The lowest BCUT2D eigenvalue weighted by atomic mass is 9.87. The number of carbonyl (C=O) groups excluding carboxylic acids is 1. The van der Waals surface area contributed by atoms with Crippen LogP contribution < -0.4 is 11.3 Å². The average Bonchev–Trinajstić information content (AvgIpc) is 2.79. The third-order valence-electron chi connectivity index (χ3n) is 6.60. The Labute approximate surface area is 183 Å². The van der Waals surface area contributed by atoms with E-state index in [0.717, 1.165) is 69.7 Å². The maximum absolute atomic E-state index is 13.1. The van der Waals surface area contributed by atoms with Gasteiger partial charge in [-0.1, -0.05) is 12.6 Å². The van der Waals surface area contributed by atoms with E-state index in [0.29, 0.717) is 17.6 Å². The summed E-state index contributed by atoms with van der Waals surface area (Å²) in [5.41, 5.74) is 8.61. The molecule has 0 spiro atoms. The normalized spacial score (nSPS) is 18.8. The van der Waals surface area contributed by atoms with Crippen LogP contribution in [0.1, 0.15) is 36.9 Å². The Kier molecular flexibility index (Phi) is 6.51. The lowest BCUT2D eigenvalue weighted by Gasteiger charge is -2.37. The van der Waals surface area contributed by atoms with Crippen molar-refractivity contribution in [2.24, 2.45) is 11.8 Å². The molecule has 2 aromatic rings. The van der Waals surface area contributed by atoms with Gasteiger partial charge in [-0.25, -0.2) is 4.98 Å². The fraction of sp³-hybridized carbons (Fsp3) is 0.458. The molecule has 2 aliphatic heterocycles. The molecule has 4 rings (SSSR count). The summed E-state index contributed by atoms with van der Waals surface area (Å²) in [5.74, 6) is 1.26. The third kappa shape index (κ3) is 5.22. The van der Waals surface area contributed by atoms with Gasteiger partial charge in [0, 0.05) is 43.5 Å². The number of H-pyrrole nitrogens is 1. The third-order valence-corrected chi connectivity index (χ3v) is 6.60. The number of amides is 1. The first kappa shape index (κ1) is 21.3. The van der Waals surface area contributed by atoms with E-state index in [9.17, 15) is 9.59 Å². The van der Waals surface area contributed by atoms with Crippen LogP contribution in [0.5, 0.6) is 0 Å². The first-order valence-electron chi connectivity index (χ1n) is 11.1. The molecule has 31 heavy (non-hydrogen) atoms. The van der Waals surface area contributed by atoms with E-state index >= 15 is 0 Å². The predicted octanol–water partition coefficient (Wildman–Crippen LogP) is 2.52. The number of nitrogens with zero attached hydrogens (tertiary/aromatic N) is 3. The van der Waals surface area contributed by atoms with Gasteiger partial charge in [-0.05, 0) is 74.0 Å². The van der Waals surface area contributed by atoms with Crippen molar-refractivity contribution in [3.05, 3.63) is 64.7 Å². The average molecular weight is 422 g/mol. The minimum absolute atomic E-state index is 0.106. The zero-order valence-electron chi connectivity index (χ0n) is 17.9. The summed E-state index contributed by atoms with van der Waals surface area (Å²) in [6.45, 7) is 8.42. The first-order chi connectivity index (χ1) is 15.0. The van der Waals surface area contributed by atoms with Gasteiger partial charge in [-0.3, -0.25) is 14.5 Å². The number of nitrogen functional groups attached to an aromatic ring is 1. The highest BCUT2D eigenvalue weighted by atomic mass is 16.2. The maximum Gasteiger partial charge on any atom is 0.248 e. The van der Waals surface area contributed by atoms with Crippen molar-refractivity contribution in [1.29, 1.82) is 0 Å². The number of nitrogens with one attached hydrogen (secondary N) is 1. The Balaban J connectivity index is 1.25. The van der Waals surface area contributed by atoms with Gasteiger partial charge in [0.2, 0.25) is 11.5 Å². The zero-order chi connectivity index (χ0) is 21.8. The molecule has 7 nitrogen and oxygen atoms in total. The zero-order valence-corrected chi connectivity index (χ0v) is 17.9. The lowest BCUT2D eigenvalue weighted by Crippen LogP contribution is -2.45. The molecule has 4 heterocycles. The van der Waals surface area contributed by atoms with Crippen molar-refractivity contribution >= 4 is 17.3 Å². The van der Waals surface area contributed by atoms with Gasteiger partial charge in [0.05, 0.1) is 0 Å². The van der Waals surface area contributed by atoms with Crippen LogP contribution in [-0.2, 0) is 11.3 Å². The number of carbonyl (C=O) groups is 1. The Morgan fingerprint density at radius 2 is 1.81 bits per heavy atom. The number of aromatic amines is 1. The van der Waals surface area contributed by atoms with Gasteiger partial charge < -0.3 is 15.6 Å². The van der Waals surface area contributed by atoms with Gasteiger partial charge in [-0.2, -0.15) is 0 Å². The second kappa shape index (κ2) is 9.47. The number of aromatic nitrogens is 2. The van der Waals surface area contributed by atoms with Crippen molar-refractivity contribution in [2.45, 2.75) is 32.2 Å². The number of rotatable bonds is 5.